The van der Waals surface area contributed by atoms with Gasteiger partial charge in [0.05, 0.1) is 11.7 Å². The first-order valence-electron chi connectivity index (χ1n) is 7.17. The molecular weight excluding hydrogens is 238 g/mol. The lowest BCUT2D eigenvalue weighted by molar-refractivity contribution is 0.146. The van der Waals surface area contributed by atoms with Gasteiger partial charge in [0.15, 0.2) is 0 Å². The Hall–Kier alpha value is -0.910. The molecule has 0 spiro atoms. The smallest absolute Gasteiger partial charge is 0.0641 e. The summed E-state index contributed by atoms with van der Waals surface area (Å²) in [6.07, 6.45) is 3.32. The van der Waals surface area contributed by atoms with Gasteiger partial charge in [-0.05, 0) is 33.9 Å². The lowest BCUT2D eigenvalue weighted by atomic mass is 10.0. The molecule has 5 heteroatoms. The Balaban J connectivity index is 2.23. The van der Waals surface area contributed by atoms with Crippen LogP contribution in [0.5, 0.6) is 0 Å². The molecule has 0 saturated carbocycles. The molecule has 1 aromatic heterocycles. The fourth-order valence-electron chi connectivity index (χ4n) is 3.24. The number of rotatable bonds is 3. The van der Waals surface area contributed by atoms with E-state index in [-0.39, 0.29) is 6.04 Å². The molecule has 1 aliphatic rings. The minimum atomic E-state index is 0.287. The maximum atomic E-state index is 6.07. The van der Waals surface area contributed by atoms with Crippen LogP contribution < -0.4 is 5.73 Å². The SMILES string of the molecule is Cc1nn(C)cc1C(CN)N1CCCN(C)CC1C. The molecule has 0 radical (unpaired) electrons. The molecule has 1 aliphatic heterocycles. The number of aryl methyl sites for hydroxylation is 2. The van der Waals surface area contributed by atoms with Crippen molar-refractivity contribution in [3.63, 3.8) is 0 Å². The molecule has 0 aliphatic carbocycles. The number of aromatic nitrogens is 2. The summed E-state index contributed by atoms with van der Waals surface area (Å²) in [5.74, 6) is 0. The van der Waals surface area contributed by atoms with Crippen LogP contribution in [0.15, 0.2) is 6.20 Å². The van der Waals surface area contributed by atoms with Gasteiger partial charge >= 0.3 is 0 Å². The lowest BCUT2D eigenvalue weighted by Gasteiger charge is -2.35. The zero-order valence-corrected chi connectivity index (χ0v) is 12.6. The molecule has 0 amide bonds. The highest BCUT2D eigenvalue weighted by Gasteiger charge is 2.28. The Bertz CT molecular complexity index is 414. The number of hydrogen-bond acceptors (Lipinski definition) is 4. The quantitative estimate of drug-likeness (QED) is 0.876. The highest BCUT2D eigenvalue weighted by molar-refractivity contribution is 5.21. The Labute approximate surface area is 116 Å². The van der Waals surface area contributed by atoms with Gasteiger partial charge in [0.2, 0.25) is 0 Å². The molecule has 108 valence electrons. The van der Waals surface area contributed by atoms with Crippen molar-refractivity contribution in [1.82, 2.24) is 19.6 Å². The Morgan fingerprint density at radius 3 is 2.74 bits per heavy atom. The van der Waals surface area contributed by atoms with E-state index in [1.807, 2.05) is 11.7 Å². The van der Waals surface area contributed by atoms with Crippen LogP contribution in [0, 0.1) is 6.92 Å². The van der Waals surface area contributed by atoms with Crippen LogP contribution in [0.3, 0.4) is 0 Å². The molecule has 1 aromatic rings. The molecule has 2 N–H and O–H groups in total. The zero-order chi connectivity index (χ0) is 14.0. The van der Waals surface area contributed by atoms with Crippen LogP contribution in [0.4, 0.5) is 0 Å². The molecule has 2 atom stereocenters. The van der Waals surface area contributed by atoms with Crippen molar-refractivity contribution in [2.24, 2.45) is 12.8 Å². The maximum absolute atomic E-state index is 6.07. The van der Waals surface area contributed by atoms with E-state index >= 15 is 0 Å². The molecule has 1 saturated heterocycles. The van der Waals surface area contributed by atoms with E-state index in [9.17, 15) is 0 Å². The van der Waals surface area contributed by atoms with Crippen molar-refractivity contribution in [2.75, 3.05) is 33.2 Å². The summed E-state index contributed by atoms with van der Waals surface area (Å²) < 4.78 is 1.89. The molecule has 1 fully saturated rings. The van der Waals surface area contributed by atoms with Gasteiger partial charge in [-0.3, -0.25) is 9.58 Å². The molecular formula is C14H27N5. The largest absolute Gasteiger partial charge is 0.329 e. The second-order valence-corrected chi connectivity index (χ2v) is 5.80. The van der Waals surface area contributed by atoms with Crippen molar-refractivity contribution >= 4 is 0 Å². The second-order valence-electron chi connectivity index (χ2n) is 5.80. The summed E-state index contributed by atoms with van der Waals surface area (Å²) >= 11 is 0. The molecule has 0 aromatic carbocycles. The van der Waals surface area contributed by atoms with E-state index < -0.39 is 0 Å². The minimum Gasteiger partial charge on any atom is -0.329 e. The lowest BCUT2D eigenvalue weighted by Crippen LogP contribution is -2.43. The highest BCUT2D eigenvalue weighted by atomic mass is 15.3. The predicted molar refractivity (Wildman–Crippen MR) is 78.0 cm³/mol. The van der Waals surface area contributed by atoms with Crippen LogP contribution in [0.2, 0.25) is 0 Å². The van der Waals surface area contributed by atoms with Crippen molar-refractivity contribution < 1.29 is 0 Å². The standard InChI is InChI=1S/C14H27N5/c1-11-9-17(3)6-5-7-19(11)14(8-15)13-10-18(4)16-12(13)2/h10-11,14H,5-9,15H2,1-4H3. The maximum Gasteiger partial charge on any atom is 0.0641 e. The first-order valence-corrected chi connectivity index (χ1v) is 7.17. The average Bonchev–Trinajstić information content (AvgIpc) is 2.57. The van der Waals surface area contributed by atoms with Gasteiger partial charge in [-0.1, -0.05) is 0 Å². The Morgan fingerprint density at radius 1 is 1.42 bits per heavy atom. The summed E-state index contributed by atoms with van der Waals surface area (Å²) in [6, 6.07) is 0.816. The first kappa shape index (κ1) is 14.5. The monoisotopic (exact) mass is 265 g/mol. The van der Waals surface area contributed by atoms with Crippen LogP contribution in [0.1, 0.15) is 30.6 Å². The van der Waals surface area contributed by atoms with E-state index in [2.05, 4.69) is 42.0 Å². The van der Waals surface area contributed by atoms with Crippen LogP contribution >= 0.6 is 0 Å². The predicted octanol–water partition coefficient (Wildman–Crippen LogP) is 0.754. The van der Waals surface area contributed by atoms with E-state index in [4.69, 9.17) is 5.73 Å². The molecule has 5 nitrogen and oxygen atoms in total. The molecule has 2 heterocycles. The van der Waals surface area contributed by atoms with Crippen LogP contribution in [-0.2, 0) is 7.05 Å². The number of likely N-dealkylation sites (N-methyl/N-ethyl adjacent to an activating group) is 1. The zero-order valence-electron chi connectivity index (χ0n) is 12.6. The molecule has 0 bridgehead atoms. The third-order valence-corrected chi connectivity index (χ3v) is 4.13. The van der Waals surface area contributed by atoms with Gasteiger partial charge in [0.1, 0.15) is 0 Å². The first-order chi connectivity index (χ1) is 9.02. The van der Waals surface area contributed by atoms with Gasteiger partial charge in [-0.2, -0.15) is 5.10 Å². The molecule has 2 rings (SSSR count). The van der Waals surface area contributed by atoms with E-state index in [1.165, 1.54) is 18.5 Å². The van der Waals surface area contributed by atoms with E-state index in [1.54, 1.807) is 0 Å². The summed E-state index contributed by atoms with van der Waals surface area (Å²) in [4.78, 5) is 4.96. The summed E-state index contributed by atoms with van der Waals surface area (Å²) in [5.41, 5.74) is 8.45. The fraction of sp³-hybridized carbons (Fsp3) is 0.786. The van der Waals surface area contributed by atoms with Crippen molar-refractivity contribution in [2.45, 2.75) is 32.4 Å². The van der Waals surface area contributed by atoms with E-state index in [0.29, 0.717) is 12.6 Å². The molecule has 2 unspecified atom stereocenters. The minimum absolute atomic E-state index is 0.287. The Kier molecular flexibility index (Phi) is 4.60. The van der Waals surface area contributed by atoms with Crippen molar-refractivity contribution in [3.8, 4) is 0 Å². The van der Waals surface area contributed by atoms with Crippen LogP contribution in [0.25, 0.3) is 0 Å². The fourth-order valence-corrected chi connectivity index (χ4v) is 3.24. The van der Waals surface area contributed by atoms with Gasteiger partial charge in [0, 0.05) is 44.5 Å². The summed E-state index contributed by atoms with van der Waals surface area (Å²) in [6.45, 7) is 8.42. The summed E-state index contributed by atoms with van der Waals surface area (Å²) in [5, 5.41) is 4.46. The summed E-state index contributed by atoms with van der Waals surface area (Å²) in [7, 11) is 4.18. The van der Waals surface area contributed by atoms with Gasteiger partial charge < -0.3 is 10.6 Å². The van der Waals surface area contributed by atoms with Crippen molar-refractivity contribution in [1.29, 1.82) is 0 Å². The van der Waals surface area contributed by atoms with Gasteiger partial charge in [0.25, 0.3) is 0 Å². The van der Waals surface area contributed by atoms with Crippen LogP contribution in [-0.4, -0.2) is 58.8 Å². The topological polar surface area (TPSA) is 50.3 Å². The molecule has 19 heavy (non-hydrogen) atoms. The second kappa shape index (κ2) is 6.03. The highest BCUT2D eigenvalue weighted by Crippen LogP contribution is 2.26. The van der Waals surface area contributed by atoms with Crippen molar-refractivity contribution in [3.05, 3.63) is 17.5 Å². The Morgan fingerprint density at radius 2 is 2.16 bits per heavy atom. The number of hydrogen-bond donors (Lipinski definition) is 1. The number of nitrogens with zero attached hydrogens (tertiary/aromatic N) is 4. The number of nitrogens with two attached hydrogens (primary N) is 1. The van der Waals surface area contributed by atoms with Gasteiger partial charge in [-0.25, -0.2) is 0 Å². The van der Waals surface area contributed by atoms with Gasteiger partial charge in [-0.15, -0.1) is 0 Å². The normalized spacial score (nSPS) is 24.4. The third kappa shape index (κ3) is 3.16. The van der Waals surface area contributed by atoms with E-state index in [0.717, 1.165) is 18.8 Å². The average molecular weight is 265 g/mol. The third-order valence-electron chi connectivity index (χ3n) is 4.13.